The summed E-state index contributed by atoms with van der Waals surface area (Å²) in [5, 5.41) is 9.13. The highest BCUT2D eigenvalue weighted by atomic mass is 16.3. The van der Waals surface area contributed by atoms with Crippen molar-refractivity contribution in [2.45, 2.75) is 38.2 Å². The largest absolute Gasteiger partial charge is 0.389 e. The Morgan fingerprint density at radius 3 is 3.00 bits per heavy atom. The lowest BCUT2D eigenvalue weighted by molar-refractivity contribution is 0.206. The maximum Gasteiger partial charge on any atom is 0.0720 e. The normalized spacial score (nSPS) is 32.8. The van der Waals surface area contributed by atoms with Gasteiger partial charge in [0, 0.05) is 0 Å². The minimum absolute atomic E-state index is 0.162. The summed E-state index contributed by atoms with van der Waals surface area (Å²) in [7, 11) is 0. The molecule has 9 heavy (non-hydrogen) atoms. The molecule has 0 aromatic carbocycles. The minimum Gasteiger partial charge on any atom is -0.389 e. The van der Waals surface area contributed by atoms with Gasteiger partial charge in [-0.1, -0.05) is 25.0 Å². The fraction of sp³-hybridized carbons (Fsp3) is 0.750. The van der Waals surface area contributed by atoms with E-state index in [4.69, 9.17) is 5.11 Å². The Bertz CT molecular complexity index is 96.7. The molecular formula is C8H14O. The van der Waals surface area contributed by atoms with Crippen molar-refractivity contribution < 1.29 is 5.11 Å². The molecule has 0 bridgehead atoms. The van der Waals surface area contributed by atoms with Gasteiger partial charge in [0.1, 0.15) is 0 Å². The molecule has 0 unspecified atom stereocenters. The first-order valence-electron chi connectivity index (χ1n) is 3.74. The Morgan fingerprint density at radius 2 is 2.11 bits per heavy atom. The molecule has 0 radical (unpaired) electrons. The minimum atomic E-state index is -0.162. The van der Waals surface area contributed by atoms with Gasteiger partial charge in [-0.2, -0.15) is 0 Å². The van der Waals surface area contributed by atoms with Crippen LogP contribution in [0.25, 0.3) is 0 Å². The van der Waals surface area contributed by atoms with Crippen molar-refractivity contribution in [2.75, 3.05) is 0 Å². The van der Waals surface area contributed by atoms with Gasteiger partial charge in [0.25, 0.3) is 0 Å². The van der Waals surface area contributed by atoms with Gasteiger partial charge in [-0.25, -0.2) is 0 Å². The zero-order valence-corrected chi connectivity index (χ0v) is 5.71. The van der Waals surface area contributed by atoms with Crippen LogP contribution in [0, 0.1) is 0 Å². The lowest BCUT2D eigenvalue weighted by Crippen LogP contribution is -2.02. The second-order valence-electron chi connectivity index (χ2n) is 2.63. The number of allylic oxidation sites excluding steroid dienone is 1. The average molecular weight is 126 g/mol. The van der Waals surface area contributed by atoms with E-state index in [1.807, 2.05) is 6.08 Å². The predicted molar refractivity (Wildman–Crippen MR) is 38.2 cm³/mol. The van der Waals surface area contributed by atoms with Gasteiger partial charge in [0.15, 0.2) is 0 Å². The van der Waals surface area contributed by atoms with Crippen LogP contribution < -0.4 is 0 Å². The Morgan fingerprint density at radius 1 is 1.22 bits per heavy atom. The Balaban J connectivity index is 2.30. The monoisotopic (exact) mass is 126 g/mol. The maximum absolute atomic E-state index is 9.13. The molecule has 1 aliphatic rings. The molecule has 1 atom stereocenters. The van der Waals surface area contributed by atoms with Gasteiger partial charge >= 0.3 is 0 Å². The van der Waals surface area contributed by atoms with Crippen LogP contribution >= 0.6 is 0 Å². The third kappa shape index (κ3) is 2.66. The summed E-state index contributed by atoms with van der Waals surface area (Å²) >= 11 is 0. The molecule has 0 heterocycles. The summed E-state index contributed by atoms with van der Waals surface area (Å²) in [5.41, 5.74) is 0. The number of hydrogen-bond donors (Lipinski definition) is 1. The molecule has 1 nitrogen and oxygen atoms in total. The molecule has 1 rings (SSSR count). The summed E-state index contributed by atoms with van der Waals surface area (Å²) in [5.74, 6) is 0. The van der Waals surface area contributed by atoms with Crippen LogP contribution in [-0.4, -0.2) is 11.2 Å². The van der Waals surface area contributed by atoms with Crippen LogP contribution in [-0.2, 0) is 0 Å². The van der Waals surface area contributed by atoms with E-state index in [1.165, 1.54) is 19.3 Å². The number of rotatable bonds is 0. The van der Waals surface area contributed by atoms with Gasteiger partial charge in [-0.15, -0.1) is 0 Å². The lowest BCUT2D eigenvalue weighted by atomic mass is 10.0. The van der Waals surface area contributed by atoms with E-state index in [2.05, 4.69) is 6.08 Å². The van der Waals surface area contributed by atoms with E-state index in [1.54, 1.807) is 0 Å². The first kappa shape index (κ1) is 6.81. The molecule has 0 saturated carbocycles. The van der Waals surface area contributed by atoms with E-state index in [9.17, 15) is 0 Å². The van der Waals surface area contributed by atoms with Crippen LogP contribution in [0.1, 0.15) is 32.1 Å². The maximum atomic E-state index is 9.13. The fourth-order valence-electron chi connectivity index (χ4n) is 1.14. The molecule has 0 fully saturated rings. The summed E-state index contributed by atoms with van der Waals surface area (Å²) < 4.78 is 0. The fourth-order valence-corrected chi connectivity index (χ4v) is 1.14. The molecule has 0 amide bonds. The number of aliphatic hydroxyl groups excluding tert-OH is 1. The van der Waals surface area contributed by atoms with Crippen molar-refractivity contribution in [1.82, 2.24) is 0 Å². The smallest absolute Gasteiger partial charge is 0.0720 e. The molecule has 0 aromatic heterocycles. The summed E-state index contributed by atoms with van der Waals surface area (Å²) in [4.78, 5) is 0. The molecule has 52 valence electrons. The second-order valence-corrected chi connectivity index (χ2v) is 2.63. The van der Waals surface area contributed by atoms with E-state index >= 15 is 0 Å². The zero-order chi connectivity index (χ0) is 6.53. The molecule has 0 spiro atoms. The molecule has 0 aromatic rings. The van der Waals surface area contributed by atoms with Gasteiger partial charge in [-0.3, -0.25) is 0 Å². The topological polar surface area (TPSA) is 20.2 Å². The first-order chi connectivity index (χ1) is 4.39. The van der Waals surface area contributed by atoms with Crippen LogP contribution in [0.4, 0.5) is 0 Å². The highest BCUT2D eigenvalue weighted by Crippen LogP contribution is 2.10. The molecule has 0 aliphatic heterocycles. The van der Waals surface area contributed by atoms with Crippen molar-refractivity contribution >= 4 is 0 Å². The van der Waals surface area contributed by atoms with Crippen molar-refractivity contribution in [1.29, 1.82) is 0 Å². The van der Waals surface area contributed by atoms with Crippen LogP contribution in [0.5, 0.6) is 0 Å². The Hall–Kier alpha value is -0.300. The van der Waals surface area contributed by atoms with Crippen LogP contribution in [0.2, 0.25) is 0 Å². The van der Waals surface area contributed by atoms with Crippen molar-refractivity contribution in [3.8, 4) is 0 Å². The highest BCUT2D eigenvalue weighted by molar-refractivity contribution is 4.89. The predicted octanol–water partition coefficient (Wildman–Crippen LogP) is 1.87. The zero-order valence-electron chi connectivity index (χ0n) is 5.71. The third-order valence-electron chi connectivity index (χ3n) is 1.73. The SMILES string of the molecule is O[C@@H]1/C=C\CCCCC1. The van der Waals surface area contributed by atoms with Crippen molar-refractivity contribution in [3.63, 3.8) is 0 Å². The van der Waals surface area contributed by atoms with E-state index in [-0.39, 0.29) is 6.10 Å². The number of hydrogen-bond acceptors (Lipinski definition) is 1. The second kappa shape index (κ2) is 3.67. The standard InChI is InChI=1S/C8H14O/c9-8-6-4-2-1-3-5-7-8/h4,6,8-9H,1-3,5,7H2/b6-4-/t8-/m1/s1. The summed E-state index contributed by atoms with van der Waals surface area (Å²) in [6, 6.07) is 0. The van der Waals surface area contributed by atoms with Gasteiger partial charge in [0.2, 0.25) is 0 Å². The summed E-state index contributed by atoms with van der Waals surface area (Å²) in [6.07, 6.45) is 9.71. The third-order valence-corrected chi connectivity index (χ3v) is 1.73. The first-order valence-corrected chi connectivity index (χ1v) is 3.74. The average Bonchev–Trinajstić information content (AvgIpc) is 1.79. The van der Waals surface area contributed by atoms with Gasteiger partial charge in [0.05, 0.1) is 6.10 Å². The lowest BCUT2D eigenvalue weighted by Gasteiger charge is -2.07. The quantitative estimate of drug-likeness (QED) is 0.491. The van der Waals surface area contributed by atoms with Gasteiger partial charge < -0.3 is 5.11 Å². The molecule has 1 heteroatoms. The van der Waals surface area contributed by atoms with E-state index < -0.39 is 0 Å². The Kier molecular flexibility index (Phi) is 2.78. The molecule has 0 saturated heterocycles. The van der Waals surface area contributed by atoms with Crippen molar-refractivity contribution in [3.05, 3.63) is 12.2 Å². The highest BCUT2D eigenvalue weighted by Gasteiger charge is 2.00. The molecular weight excluding hydrogens is 112 g/mol. The van der Waals surface area contributed by atoms with Gasteiger partial charge in [-0.05, 0) is 19.3 Å². The van der Waals surface area contributed by atoms with Crippen molar-refractivity contribution in [2.24, 2.45) is 0 Å². The van der Waals surface area contributed by atoms with E-state index in [0.29, 0.717) is 0 Å². The van der Waals surface area contributed by atoms with Crippen LogP contribution in [0.15, 0.2) is 12.2 Å². The van der Waals surface area contributed by atoms with E-state index in [0.717, 1.165) is 12.8 Å². The Labute approximate surface area is 56.4 Å². The number of aliphatic hydroxyl groups is 1. The molecule has 1 aliphatic carbocycles. The summed E-state index contributed by atoms with van der Waals surface area (Å²) in [6.45, 7) is 0. The van der Waals surface area contributed by atoms with Crippen LogP contribution in [0.3, 0.4) is 0 Å². The molecule has 1 N–H and O–H groups in total.